The molecule has 1 fully saturated rings. The van der Waals surface area contributed by atoms with Gasteiger partial charge in [-0.25, -0.2) is 0 Å². The molecule has 1 aromatic carbocycles. The van der Waals surface area contributed by atoms with Crippen molar-refractivity contribution in [3.05, 3.63) is 34.9 Å². The number of piperidine rings is 1. The number of rotatable bonds is 4. The Bertz CT molecular complexity index is 406. The van der Waals surface area contributed by atoms with E-state index in [-0.39, 0.29) is 0 Å². The summed E-state index contributed by atoms with van der Waals surface area (Å²) in [4.78, 5) is 2.64. The van der Waals surface area contributed by atoms with Crippen LogP contribution in [0.25, 0.3) is 0 Å². The maximum Gasteiger partial charge on any atom is 0.0319 e. The largest absolute Gasteiger partial charge is 0.319 e. The van der Waals surface area contributed by atoms with E-state index in [0.29, 0.717) is 6.04 Å². The van der Waals surface area contributed by atoms with E-state index in [0.717, 1.165) is 5.92 Å². The number of hydrogen-bond acceptors (Lipinski definition) is 2. The van der Waals surface area contributed by atoms with Gasteiger partial charge >= 0.3 is 0 Å². The molecule has 19 heavy (non-hydrogen) atoms. The normalized spacial score (nSPS) is 19.6. The smallest absolute Gasteiger partial charge is 0.0319 e. The van der Waals surface area contributed by atoms with Gasteiger partial charge in [0.05, 0.1) is 0 Å². The fourth-order valence-corrected chi connectivity index (χ4v) is 3.07. The first kappa shape index (κ1) is 14.5. The van der Waals surface area contributed by atoms with Gasteiger partial charge in [0, 0.05) is 6.04 Å². The molecule has 0 amide bonds. The van der Waals surface area contributed by atoms with E-state index in [9.17, 15) is 0 Å². The number of hydrogen-bond donors (Lipinski definition) is 1. The van der Waals surface area contributed by atoms with Gasteiger partial charge in [0.15, 0.2) is 0 Å². The van der Waals surface area contributed by atoms with Crippen molar-refractivity contribution in [2.45, 2.75) is 39.7 Å². The number of nitrogens with one attached hydrogen (secondary N) is 1. The molecule has 1 aliphatic rings. The molecule has 2 rings (SSSR count). The van der Waals surface area contributed by atoms with Crippen molar-refractivity contribution in [1.29, 1.82) is 0 Å². The Labute approximate surface area is 118 Å². The lowest BCUT2D eigenvalue weighted by Crippen LogP contribution is -2.38. The van der Waals surface area contributed by atoms with Crippen LogP contribution in [0.3, 0.4) is 0 Å². The molecule has 1 aliphatic heterocycles. The average Bonchev–Trinajstić information content (AvgIpc) is 2.42. The monoisotopic (exact) mass is 260 g/mol. The minimum atomic E-state index is 0.551. The zero-order valence-corrected chi connectivity index (χ0v) is 12.9. The first-order valence-corrected chi connectivity index (χ1v) is 7.57. The van der Waals surface area contributed by atoms with Crippen LogP contribution in [0, 0.1) is 19.8 Å². The Morgan fingerprint density at radius 2 is 1.89 bits per heavy atom. The van der Waals surface area contributed by atoms with Crippen LogP contribution in [0.15, 0.2) is 18.2 Å². The highest BCUT2D eigenvalue weighted by Gasteiger charge is 2.23. The van der Waals surface area contributed by atoms with Crippen LogP contribution in [0.2, 0.25) is 0 Å². The topological polar surface area (TPSA) is 15.3 Å². The highest BCUT2D eigenvalue weighted by atomic mass is 15.2. The molecule has 1 heterocycles. The first-order chi connectivity index (χ1) is 9.11. The summed E-state index contributed by atoms with van der Waals surface area (Å²) in [5.41, 5.74) is 4.27. The zero-order chi connectivity index (χ0) is 13.8. The molecule has 0 aliphatic carbocycles. The van der Waals surface area contributed by atoms with Crippen molar-refractivity contribution in [1.82, 2.24) is 10.2 Å². The minimum Gasteiger partial charge on any atom is -0.319 e. The molecule has 1 saturated heterocycles. The highest BCUT2D eigenvalue weighted by molar-refractivity contribution is 5.31. The molecule has 0 bridgehead atoms. The third-order valence-electron chi connectivity index (χ3n) is 4.70. The van der Waals surface area contributed by atoms with Crippen molar-refractivity contribution >= 4 is 0 Å². The number of nitrogens with zero attached hydrogens (tertiary/aromatic N) is 1. The Morgan fingerprint density at radius 1 is 1.21 bits per heavy atom. The molecule has 1 atom stereocenters. The van der Waals surface area contributed by atoms with Crippen LogP contribution in [0.1, 0.15) is 42.5 Å². The summed E-state index contributed by atoms with van der Waals surface area (Å²) in [5, 5.41) is 3.31. The van der Waals surface area contributed by atoms with E-state index in [2.05, 4.69) is 56.2 Å². The second-order valence-corrected chi connectivity index (χ2v) is 6.06. The zero-order valence-electron chi connectivity index (χ0n) is 12.9. The first-order valence-electron chi connectivity index (χ1n) is 7.57. The van der Waals surface area contributed by atoms with Crippen LogP contribution >= 0.6 is 0 Å². The van der Waals surface area contributed by atoms with Crippen molar-refractivity contribution in [2.24, 2.45) is 5.92 Å². The minimum absolute atomic E-state index is 0.551. The van der Waals surface area contributed by atoms with Crippen LogP contribution in [-0.4, -0.2) is 31.6 Å². The summed E-state index contributed by atoms with van der Waals surface area (Å²) in [6, 6.07) is 7.47. The highest BCUT2D eigenvalue weighted by Crippen LogP contribution is 2.27. The quantitative estimate of drug-likeness (QED) is 0.893. The van der Waals surface area contributed by atoms with Crippen molar-refractivity contribution < 1.29 is 0 Å². The molecule has 0 aromatic heterocycles. The van der Waals surface area contributed by atoms with E-state index < -0.39 is 0 Å². The van der Waals surface area contributed by atoms with Crippen LogP contribution < -0.4 is 5.32 Å². The van der Waals surface area contributed by atoms with Crippen LogP contribution in [0.5, 0.6) is 0 Å². The fraction of sp³-hybridized carbons (Fsp3) is 0.647. The van der Waals surface area contributed by atoms with E-state index in [4.69, 9.17) is 0 Å². The Morgan fingerprint density at radius 3 is 2.47 bits per heavy atom. The fourth-order valence-electron chi connectivity index (χ4n) is 3.07. The van der Waals surface area contributed by atoms with Gasteiger partial charge in [0.1, 0.15) is 0 Å². The van der Waals surface area contributed by atoms with Gasteiger partial charge in [-0.2, -0.15) is 0 Å². The summed E-state index contributed by atoms with van der Waals surface area (Å²) in [6.07, 6.45) is 2.66. The molecule has 0 radical (unpaired) electrons. The SMILES string of the molecule is CNCC1CCN(C(C)c2ccc(C)c(C)c2)CC1. The van der Waals surface area contributed by atoms with Crippen LogP contribution in [0.4, 0.5) is 0 Å². The lowest BCUT2D eigenvalue weighted by atomic mass is 9.94. The molecular formula is C17H28N2. The van der Waals surface area contributed by atoms with E-state index in [1.165, 1.54) is 49.2 Å². The predicted octanol–water partition coefficient (Wildman–Crippen LogP) is 3.30. The van der Waals surface area contributed by atoms with Gasteiger partial charge in [-0.3, -0.25) is 4.90 Å². The van der Waals surface area contributed by atoms with E-state index in [1.54, 1.807) is 0 Å². The summed E-state index contributed by atoms with van der Waals surface area (Å²) in [6.45, 7) is 10.4. The molecule has 2 heteroatoms. The standard InChI is InChI=1S/C17H28N2/c1-13-5-6-17(11-14(13)2)15(3)19-9-7-16(8-10-19)12-18-4/h5-6,11,15-16,18H,7-10,12H2,1-4H3. The summed E-state index contributed by atoms with van der Waals surface area (Å²) < 4.78 is 0. The predicted molar refractivity (Wildman–Crippen MR) is 82.6 cm³/mol. The van der Waals surface area contributed by atoms with E-state index in [1.807, 2.05) is 0 Å². The molecule has 1 unspecified atom stereocenters. The van der Waals surface area contributed by atoms with Gasteiger partial charge in [-0.15, -0.1) is 0 Å². The number of benzene rings is 1. The number of aryl methyl sites for hydroxylation is 2. The summed E-state index contributed by atoms with van der Waals surface area (Å²) >= 11 is 0. The van der Waals surface area contributed by atoms with E-state index >= 15 is 0 Å². The molecule has 0 spiro atoms. The molecule has 1 N–H and O–H groups in total. The third kappa shape index (κ3) is 3.58. The Kier molecular flexibility index (Phi) is 5.00. The molecule has 1 aromatic rings. The second-order valence-electron chi connectivity index (χ2n) is 6.06. The molecule has 106 valence electrons. The lowest BCUT2D eigenvalue weighted by Gasteiger charge is -2.36. The second kappa shape index (κ2) is 6.53. The Hall–Kier alpha value is -0.860. The number of likely N-dealkylation sites (tertiary alicyclic amines) is 1. The van der Waals surface area contributed by atoms with Gasteiger partial charge in [-0.05, 0) is 82.9 Å². The average molecular weight is 260 g/mol. The maximum absolute atomic E-state index is 3.31. The maximum atomic E-state index is 3.31. The van der Waals surface area contributed by atoms with Gasteiger partial charge in [-0.1, -0.05) is 18.2 Å². The lowest BCUT2D eigenvalue weighted by molar-refractivity contribution is 0.141. The summed E-state index contributed by atoms with van der Waals surface area (Å²) in [5.74, 6) is 0.869. The van der Waals surface area contributed by atoms with Gasteiger partial charge in [0.25, 0.3) is 0 Å². The Balaban J connectivity index is 1.97. The summed E-state index contributed by atoms with van der Waals surface area (Å²) in [7, 11) is 2.06. The van der Waals surface area contributed by atoms with Crippen molar-refractivity contribution in [2.75, 3.05) is 26.7 Å². The van der Waals surface area contributed by atoms with Gasteiger partial charge < -0.3 is 5.32 Å². The van der Waals surface area contributed by atoms with Crippen LogP contribution in [-0.2, 0) is 0 Å². The molecule has 2 nitrogen and oxygen atoms in total. The molecular weight excluding hydrogens is 232 g/mol. The van der Waals surface area contributed by atoms with Crippen molar-refractivity contribution in [3.8, 4) is 0 Å². The van der Waals surface area contributed by atoms with Crippen molar-refractivity contribution in [3.63, 3.8) is 0 Å². The van der Waals surface area contributed by atoms with Gasteiger partial charge in [0.2, 0.25) is 0 Å². The molecule has 0 saturated carbocycles. The third-order valence-corrected chi connectivity index (χ3v) is 4.70.